The van der Waals surface area contributed by atoms with Crippen LogP contribution in [-0.4, -0.2) is 16.0 Å². The van der Waals surface area contributed by atoms with E-state index in [1.807, 2.05) is 6.92 Å². The molecule has 2 N–H and O–H groups in total. The van der Waals surface area contributed by atoms with Gasteiger partial charge in [-0.2, -0.15) is 0 Å². The van der Waals surface area contributed by atoms with Crippen LogP contribution in [0.2, 0.25) is 0 Å². The molecule has 0 saturated carbocycles. The number of rotatable bonds is 9. The molecule has 0 rings (SSSR count). The largest absolute Gasteiger partial charge is 0.365 e. The molecular weight excluding hydrogens is 188 g/mol. The lowest BCUT2D eigenvalue weighted by molar-refractivity contribution is -0.207. The van der Waals surface area contributed by atoms with Gasteiger partial charge < -0.3 is 10.2 Å². The third-order valence-electron chi connectivity index (χ3n) is 3.20. The molecule has 0 aromatic carbocycles. The zero-order valence-electron chi connectivity index (χ0n) is 10.6. The third kappa shape index (κ3) is 6.16. The van der Waals surface area contributed by atoms with Crippen molar-refractivity contribution in [1.82, 2.24) is 0 Å². The molecule has 0 aliphatic heterocycles. The Labute approximate surface area is 94.7 Å². The zero-order chi connectivity index (χ0) is 11.7. The number of hydrogen-bond acceptors (Lipinski definition) is 2. The van der Waals surface area contributed by atoms with Gasteiger partial charge in [-0.05, 0) is 19.3 Å². The summed E-state index contributed by atoms with van der Waals surface area (Å²) >= 11 is 0. The molecule has 0 aliphatic rings. The van der Waals surface area contributed by atoms with Gasteiger partial charge in [-0.1, -0.05) is 46.5 Å². The number of hydrogen-bond donors (Lipinski definition) is 2. The fourth-order valence-electron chi connectivity index (χ4n) is 2.04. The predicted octanol–water partition coefficient (Wildman–Crippen LogP) is 3.46. The van der Waals surface area contributed by atoms with Crippen molar-refractivity contribution in [3.05, 3.63) is 0 Å². The van der Waals surface area contributed by atoms with E-state index in [1.54, 1.807) is 0 Å². The van der Waals surface area contributed by atoms with Crippen LogP contribution in [0.25, 0.3) is 0 Å². The predicted molar refractivity (Wildman–Crippen MR) is 64.6 cm³/mol. The molecule has 0 spiro atoms. The summed E-state index contributed by atoms with van der Waals surface area (Å²) in [5.74, 6) is -1.38. The van der Waals surface area contributed by atoms with Gasteiger partial charge in [0.1, 0.15) is 0 Å². The topological polar surface area (TPSA) is 40.5 Å². The van der Waals surface area contributed by atoms with Gasteiger partial charge in [0.15, 0.2) is 5.79 Å². The van der Waals surface area contributed by atoms with Crippen LogP contribution in [0.5, 0.6) is 0 Å². The highest BCUT2D eigenvalue weighted by molar-refractivity contribution is 4.74. The molecule has 0 aliphatic carbocycles. The molecule has 0 fully saturated rings. The lowest BCUT2D eigenvalue weighted by Gasteiger charge is -2.30. The van der Waals surface area contributed by atoms with Crippen LogP contribution in [0.1, 0.15) is 72.1 Å². The molecule has 0 bridgehead atoms. The molecule has 1 atom stereocenters. The van der Waals surface area contributed by atoms with E-state index in [0.717, 1.165) is 32.1 Å². The number of aliphatic hydroxyl groups is 2. The van der Waals surface area contributed by atoms with Crippen molar-refractivity contribution in [2.24, 2.45) is 5.92 Å². The maximum atomic E-state index is 9.96. The second-order valence-corrected chi connectivity index (χ2v) is 4.58. The first-order valence-corrected chi connectivity index (χ1v) is 6.53. The van der Waals surface area contributed by atoms with Gasteiger partial charge in [-0.25, -0.2) is 0 Å². The molecule has 0 radical (unpaired) electrons. The highest BCUT2D eigenvalue weighted by Gasteiger charge is 2.31. The average molecular weight is 216 g/mol. The Morgan fingerprint density at radius 1 is 0.933 bits per heavy atom. The molecule has 0 aromatic heterocycles. The standard InChI is InChI=1S/C13H28O2/c1-4-7-9-10-12(6-3)13(14,15)11-8-5-2/h12,14-15H,4-11H2,1-3H3. The van der Waals surface area contributed by atoms with Gasteiger partial charge in [-0.15, -0.1) is 0 Å². The SMILES string of the molecule is CCCCCC(CC)C(O)(O)CCCC. The molecule has 0 saturated heterocycles. The van der Waals surface area contributed by atoms with Gasteiger partial charge in [-0.3, -0.25) is 0 Å². The molecule has 0 heterocycles. The Kier molecular flexibility index (Phi) is 8.07. The van der Waals surface area contributed by atoms with E-state index >= 15 is 0 Å². The molecule has 1 unspecified atom stereocenters. The fourth-order valence-corrected chi connectivity index (χ4v) is 2.04. The Hall–Kier alpha value is -0.0800. The molecule has 2 heteroatoms. The van der Waals surface area contributed by atoms with Crippen molar-refractivity contribution in [3.63, 3.8) is 0 Å². The Balaban J connectivity index is 3.99. The average Bonchev–Trinajstić information content (AvgIpc) is 2.21. The van der Waals surface area contributed by atoms with Crippen molar-refractivity contribution in [1.29, 1.82) is 0 Å². The van der Waals surface area contributed by atoms with Gasteiger partial charge in [0.25, 0.3) is 0 Å². The van der Waals surface area contributed by atoms with E-state index in [4.69, 9.17) is 0 Å². The molecule has 92 valence electrons. The van der Waals surface area contributed by atoms with Crippen molar-refractivity contribution in [2.75, 3.05) is 0 Å². The first-order valence-electron chi connectivity index (χ1n) is 6.53. The lowest BCUT2D eigenvalue weighted by Crippen LogP contribution is -2.37. The summed E-state index contributed by atoms with van der Waals surface area (Å²) in [5.41, 5.74) is 0. The van der Waals surface area contributed by atoms with Crippen LogP contribution in [0.15, 0.2) is 0 Å². The van der Waals surface area contributed by atoms with Crippen molar-refractivity contribution in [2.45, 2.75) is 77.9 Å². The zero-order valence-corrected chi connectivity index (χ0v) is 10.6. The molecule has 0 amide bonds. The van der Waals surface area contributed by atoms with E-state index in [0.29, 0.717) is 6.42 Å². The summed E-state index contributed by atoms with van der Waals surface area (Å²) in [5, 5.41) is 19.9. The summed E-state index contributed by atoms with van der Waals surface area (Å²) in [7, 11) is 0. The Morgan fingerprint density at radius 2 is 1.53 bits per heavy atom. The lowest BCUT2D eigenvalue weighted by atomic mass is 9.87. The first-order chi connectivity index (χ1) is 7.08. The highest BCUT2D eigenvalue weighted by atomic mass is 16.5. The maximum Gasteiger partial charge on any atom is 0.165 e. The van der Waals surface area contributed by atoms with Gasteiger partial charge in [0, 0.05) is 12.3 Å². The fraction of sp³-hybridized carbons (Fsp3) is 1.00. The smallest absolute Gasteiger partial charge is 0.165 e. The molecule has 2 nitrogen and oxygen atoms in total. The van der Waals surface area contributed by atoms with Gasteiger partial charge in [0.2, 0.25) is 0 Å². The Morgan fingerprint density at radius 3 is 2.00 bits per heavy atom. The minimum atomic E-state index is -1.43. The van der Waals surface area contributed by atoms with Crippen LogP contribution < -0.4 is 0 Å². The van der Waals surface area contributed by atoms with Crippen molar-refractivity contribution in [3.8, 4) is 0 Å². The van der Waals surface area contributed by atoms with E-state index in [1.165, 1.54) is 12.8 Å². The van der Waals surface area contributed by atoms with Crippen LogP contribution >= 0.6 is 0 Å². The second-order valence-electron chi connectivity index (χ2n) is 4.58. The third-order valence-corrected chi connectivity index (χ3v) is 3.20. The minimum absolute atomic E-state index is 0.0515. The van der Waals surface area contributed by atoms with E-state index in [-0.39, 0.29) is 5.92 Å². The minimum Gasteiger partial charge on any atom is -0.365 e. The summed E-state index contributed by atoms with van der Waals surface area (Å²) in [4.78, 5) is 0. The van der Waals surface area contributed by atoms with Crippen molar-refractivity contribution < 1.29 is 10.2 Å². The van der Waals surface area contributed by atoms with Crippen LogP contribution in [-0.2, 0) is 0 Å². The summed E-state index contributed by atoms with van der Waals surface area (Å²) in [6.45, 7) is 6.29. The maximum absolute atomic E-state index is 9.96. The van der Waals surface area contributed by atoms with Crippen molar-refractivity contribution >= 4 is 0 Å². The van der Waals surface area contributed by atoms with E-state index in [9.17, 15) is 10.2 Å². The highest BCUT2D eigenvalue weighted by Crippen LogP contribution is 2.28. The van der Waals surface area contributed by atoms with Crippen LogP contribution in [0.3, 0.4) is 0 Å². The van der Waals surface area contributed by atoms with Crippen LogP contribution in [0, 0.1) is 5.92 Å². The van der Waals surface area contributed by atoms with Gasteiger partial charge in [0.05, 0.1) is 0 Å². The van der Waals surface area contributed by atoms with Gasteiger partial charge >= 0.3 is 0 Å². The van der Waals surface area contributed by atoms with Crippen LogP contribution in [0.4, 0.5) is 0 Å². The summed E-state index contributed by atoms with van der Waals surface area (Å²) < 4.78 is 0. The molecule has 0 aromatic rings. The first kappa shape index (κ1) is 14.9. The molecular formula is C13H28O2. The van der Waals surface area contributed by atoms with E-state index in [2.05, 4.69) is 13.8 Å². The summed E-state index contributed by atoms with van der Waals surface area (Å²) in [6, 6.07) is 0. The normalized spacial score (nSPS) is 14.2. The quantitative estimate of drug-likeness (QED) is 0.458. The molecule has 15 heavy (non-hydrogen) atoms. The Bertz CT molecular complexity index is 143. The summed E-state index contributed by atoms with van der Waals surface area (Å²) in [6.07, 6.45) is 7.75. The number of unbranched alkanes of at least 4 members (excludes halogenated alkanes) is 3. The second kappa shape index (κ2) is 8.12. The van der Waals surface area contributed by atoms with E-state index < -0.39 is 5.79 Å². The monoisotopic (exact) mass is 216 g/mol.